The Balaban J connectivity index is 2.71. The van der Waals surface area contributed by atoms with Crippen LogP contribution in [0.15, 0.2) is 28.4 Å². The minimum Gasteiger partial charge on any atom is -0.388 e. The van der Waals surface area contributed by atoms with Gasteiger partial charge < -0.3 is 5.73 Å². The van der Waals surface area contributed by atoms with Gasteiger partial charge in [-0.05, 0) is 12.1 Å². The van der Waals surface area contributed by atoms with Gasteiger partial charge in [-0.2, -0.15) is 10.6 Å². The molecule has 0 fully saturated rings. The fourth-order valence-electron chi connectivity index (χ4n) is 0.771. The van der Waals surface area contributed by atoms with E-state index in [1.807, 2.05) is 0 Å². The quantitative estimate of drug-likeness (QED) is 0.473. The summed E-state index contributed by atoms with van der Waals surface area (Å²) in [6.45, 7) is 0. The van der Waals surface area contributed by atoms with Crippen LogP contribution in [0.3, 0.4) is 0 Å². The van der Waals surface area contributed by atoms with Crippen LogP contribution in [0.1, 0.15) is 5.56 Å². The second-order valence-electron chi connectivity index (χ2n) is 2.30. The second kappa shape index (κ2) is 5.47. The van der Waals surface area contributed by atoms with Gasteiger partial charge in [-0.3, -0.25) is 0 Å². The Kier molecular flexibility index (Phi) is 4.22. The minimum absolute atomic E-state index is 0.528. The first kappa shape index (κ1) is 10.8. The molecule has 0 spiro atoms. The molecule has 0 atom stereocenters. The molecule has 0 aliphatic heterocycles. The first-order valence-corrected chi connectivity index (χ1v) is 4.46. The molecule has 0 aliphatic rings. The third-order valence-electron chi connectivity index (χ3n) is 1.36. The molecule has 4 nitrogen and oxygen atoms in total. The summed E-state index contributed by atoms with van der Waals surface area (Å²) in [6.07, 6.45) is 2.62. The van der Waals surface area contributed by atoms with Crippen LogP contribution >= 0.6 is 23.2 Å². The lowest BCUT2D eigenvalue weighted by Crippen LogP contribution is -2.00. The fraction of sp³-hybridized carbons (Fsp3) is 0. The molecule has 1 aromatic carbocycles. The summed E-state index contributed by atoms with van der Waals surface area (Å²) in [5.74, 6) is 0. The Bertz CT molecular complexity index is 362. The number of nitrogens with two attached hydrogens (primary N) is 1. The lowest BCUT2D eigenvalue weighted by Gasteiger charge is -1.97. The predicted molar refractivity (Wildman–Crippen MR) is 59.9 cm³/mol. The number of benzene rings is 1. The largest absolute Gasteiger partial charge is 0.388 e. The van der Waals surface area contributed by atoms with E-state index in [1.54, 1.807) is 18.2 Å². The van der Waals surface area contributed by atoms with Crippen molar-refractivity contribution in [3.63, 3.8) is 0 Å². The molecule has 0 aliphatic carbocycles. The molecule has 0 radical (unpaired) electrons. The van der Waals surface area contributed by atoms with Crippen LogP contribution in [0.2, 0.25) is 10.0 Å². The molecule has 0 saturated heterocycles. The van der Waals surface area contributed by atoms with E-state index in [0.717, 1.165) is 11.9 Å². The van der Waals surface area contributed by atoms with Crippen LogP contribution in [0.4, 0.5) is 0 Å². The van der Waals surface area contributed by atoms with Crippen molar-refractivity contribution in [1.29, 1.82) is 0 Å². The molecule has 0 amide bonds. The zero-order chi connectivity index (χ0) is 10.4. The van der Waals surface area contributed by atoms with Crippen molar-refractivity contribution in [3.05, 3.63) is 33.8 Å². The van der Waals surface area contributed by atoms with E-state index < -0.39 is 0 Å². The van der Waals surface area contributed by atoms with Gasteiger partial charge in [-0.15, -0.1) is 5.10 Å². The van der Waals surface area contributed by atoms with Crippen LogP contribution in [0, 0.1) is 0 Å². The minimum atomic E-state index is 0.528. The van der Waals surface area contributed by atoms with E-state index in [2.05, 4.69) is 15.7 Å². The zero-order valence-corrected chi connectivity index (χ0v) is 8.63. The van der Waals surface area contributed by atoms with Gasteiger partial charge in [-0.25, -0.2) is 0 Å². The number of halogens is 2. The molecule has 0 aromatic heterocycles. The number of hydrazone groups is 2. The van der Waals surface area contributed by atoms with Crippen molar-refractivity contribution in [1.82, 2.24) is 5.53 Å². The maximum absolute atomic E-state index is 5.88. The van der Waals surface area contributed by atoms with Gasteiger partial charge in [0, 0.05) is 10.6 Å². The first-order valence-electron chi connectivity index (χ1n) is 3.70. The molecule has 0 bridgehead atoms. The highest BCUT2D eigenvalue weighted by Gasteiger charge is 1.97. The molecule has 1 rings (SSSR count). The van der Waals surface area contributed by atoms with E-state index in [-0.39, 0.29) is 0 Å². The van der Waals surface area contributed by atoms with E-state index in [9.17, 15) is 0 Å². The smallest absolute Gasteiger partial charge is 0.108 e. The van der Waals surface area contributed by atoms with Crippen molar-refractivity contribution in [2.45, 2.75) is 0 Å². The maximum atomic E-state index is 5.88. The molecule has 74 valence electrons. The van der Waals surface area contributed by atoms with Crippen molar-refractivity contribution in [2.75, 3.05) is 0 Å². The van der Waals surface area contributed by atoms with E-state index in [1.165, 1.54) is 6.21 Å². The van der Waals surface area contributed by atoms with Crippen molar-refractivity contribution < 1.29 is 0 Å². The summed E-state index contributed by atoms with van der Waals surface area (Å²) >= 11 is 11.6. The summed E-state index contributed by atoms with van der Waals surface area (Å²) in [5.41, 5.74) is 8.08. The highest BCUT2D eigenvalue weighted by Crippen LogP contribution is 2.19. The van der Waals surface area contributed by atoms with Crippen molar-refractivity contribution in [2.24, 2.45) is 15.9 Å². The van der Waals surface area contributed by atoms with Crippen molar-refractivity contribution in [3.8, 4) is 0 Å². The Hall–Kier alpha value is -1.26. The zero-order valence-electron chi connectivity index (χ0n) is 7.11. The molecule has 3 N–H and O–H groups in total. The lowest BCUT2D eigenvalue weighted by molar-refractivity contribution is 0.816. The SMILES string of the molecule is N/C=N\N/N=C/c1ccc(Cl)cc1Cl. The molecule has 1 aromatic rings. The Morgan fingerprint density at radius 1 is 1.29 bits per heavy atom. The standard InChI is InChI=1S/C8H8Cl2N4/c9-7-2-1-6(8(10)3-7)4-12-14-13-5-11/h1-5,14H,(H2,11,13)/b12-4+. The van der Waals surface area contributed by atoms with E-state index in [0.29, 0.717) is 10.0 Å². The van der Waals surface area contributed by atoms with Gasteiger partial charge >= 0.3 is 0 Å². The summed E-state index contributed by atoms with van der Waals surface area (Å²) < 4.78 is 0. The topological polar surface area (TPSA) is 62.8 Å². The van der Waals surface area contributed by atoms with Crippen LogP contribution in [-0.2, 0) is 0 Å². The molecule has 14 heavy (non-hydrogen) atoms. The Morgan fingerprint density at radius 2 is 2.07 bits per heavy atom. The van der Waals surface area contributed by atoms with Crippen LogP contribution in [-0.4, -0.2) is 12.6 Å². The Labute approximate surface area is 91.4 Å². The van der Waals surface area contributed by atoms with Gasteiger partial charge in [0.2, 0.25) is 0 Å². The fourth-order valence-corrected chi connectivity index (χ4v) is 1.23. The molecule has 0 heterocycles. The number of nitrogens with zero attached hydrogens (tertiary/aromatic N) is 2. The number of hydrogen-bond donors (Lipinski definition) is 2. The monoisotopic (exact) mass is 230 g/mol. The van der Waals surface area contributed by atoms with Gasteiger partial charge in [0.25, 0.3) is 0 Å². The highest BCUT2D eigenvalue weighted by molar-refractivity contribution is 6.36. The first-order chi connectivity index (χ1) is 6.74. The third-order valence-corrected chi connectivity index (χ3v) is 1.92. The number of hydrogen-bond acceptors (Lipinski definition) is 3. The maximum Gasteiger partial charge on any atom is 0.108 e. The normalized spacial score (nSPS) is 11.3. The van der Waals surface area contributed by atoms with Gasteiger partial charge in [0.05, 0.1) is 11.2 Å². The summed E-state index contributed by atoms with van der Waals surface area (Å²) in [5, 5.41) is 8.32. The molecular formula is C8H8Cl2N4. The lowest BCUT2D eigenvalue weighted by atomic mass is 10.2. The second-order valence-corrected chi connectivity index (χ2v) is 3.15. The molecule has 6 heteroatoms. The molecule has 0 unspecified atom stereocenters. The van der Waals surface area contributed by atoms with Crippen LogP contribution in [0.5, 0.6) is 0 Å². The van der Waals surface area contributed by atoms with Crippen molar-refractivity contribution >= 4 is 35.8 Å². The molecule has 0 saturated carbocycles. The average Bonchev–Trinajstić information content (AvgIpc) is 2.15. The average molecular weight is 231 g/mol. The summed E-state index contributed by atoms with van der Waals surface area (Å²) in [6, 6.07) is 5.11. The van der Waals surface area contributed by atoms with Crippen LogP contribution < -0.4 is 11.3 Å². The van der Waals surface area contributed by atoms with E-state index in [4.69, 9.17) is 28.9 Å². The summed E-state index contributed by atoms with van der Waals surface area (Å²) in [4.78, 5) is 0. The van der Waals surface area contributed by atoms with Gasteiger partial charge in [0.15, 0.2) is 0 Å². The number of rotatable bonds is 3. The predicted octanol–water partition coefficient (Wildman–Crippen LogP) is 1.82. The van der Waals surface area contributed by atoms with Gasteiger partial charge in [0.1, 0.15) is 6.34 Å². The van der Waals surface area contributed by atoms with Gasteiger partial charge in [-0.1, -0.05) is 29.3 Å². The number of nitrogens with one attached hydrogen (secondary N) is 1. The van der Waals surface area contributed by atoms with Crippen LogP contribution in [0.25, 0.3) is 0 Å². The molecular weight excluding hydrogens is 223 g/mol. The summed E-state index contributed by atoms with van der Waals surface area (Å²) in [7, 11) is 0. The third kappa shape index (κ3) is 3.24. The van der Waals surface area contributed by atoms with E-state index >= 15 is 0 Å². The highest BCUT2D eigenvalue weighted by atomic mass is 35.5. The Morgan fingerprint density at radius 3 is 2.71 bits per heavy atom.